The number of benzene rings is 2. The Balaban J connectivity index is 1.66. The van der Waals surface area contributed by atoms with E-state index in [2.05, 4.69) is 5.32 Å². The summed E-state index contributed by atoms with van der Waals surface area (Å²) in [4.78, 5) is 34.9. The summed E-state index contributed by atoms with van der Waals surface area (Å²) in [6.45, 7) is 1.20. The van der Waals surface area contributed by atoms with Crippen molar-refractivity contribution in [3.05, 3.63) is 59.7 Å². The number of esters is 1. The molecule has 0 aromatic heterocycles. The smallest absolute Gasteiger partial charge is 0.344 e. The zero-order chi connectivity index (χ0) is 21.1. The normalized spacial score (nSPS) is 10.1. The number of hydrogen-bond donors (Lipinski definition) is 1. The Labute approximate surface area is 170 Å². The largest absolute Gasteiger partial charge is 0.493 e. The third-order valence-corrected chi connectivity index (χ3v) is 4.09. The minimum atomic E-state index is -0.679. The van der Waals surface area contributed by atoms with Crippen LogP contribution in [0.25, 0.3) is 0 Å². The molecule has 0 aliphatic heterocycles. The first kappa shape index (κ1) is 21.9. The number of ether oxygens (including phenoxy) is 3. The van der Waals surface area contributed by atoms with E-state index in [1.807, 2.05) is 30.3 Å². The molecule has 0 saturated heterocycles. The fourth-order valence-electron chi connectivity index (χ4n) is 2.55. The van der Waals surface area contributed by atoms with Crippen molar-refractivity contribution < 1.29 is 28.6 Å². The van der Waals surface area contributed by atoms with Crippen LogP contribution in [0.3, 0.4) is 0 Å². The van der Waals surface area contributed by atoms with Gasteiger partial charge in [-0.2, -0.15) is 0 Å². The highest BCUT2D eigenvalue weighted by atomic mass is 16.6. The summed E-state index contributed by atoms with van der Waals surface area (Å²) in [6, 6.07) is 14.6. The number of nitrogens with one attached hydrogen (secondary N) is 1. The first-order chi connectivity index (χ1) is 14.0. The number of aryl methyl sites for hydroxylation is 1. The van der Waals surface area contributed by atoms with Crippen molar-refractivity contribution in [1.82, 2.24) is 5.32 Å². The van der Waals surface area contributed by atoms with Crippen LogP contribution in [0.1, 0.15) is 29.3 Å². The van der Waals surface area contributed by atoms with Gasteiger partial charge in [0.2, 0.25) is 0 Å². The number of amides is 1. The fourth-order valence-corrected chi connectivity index (χ4v) is 2.55. The maximum absolute atomic E-state index is 11.8. The predicted molar refractivity (Wildman–Crippen MR) is 107 cm³/mol. The Morgan fingerprint density at radius 3 is 2.41 bits per heavy atom. The van der Waals surface area contributed by atoms with E-state index >= 15 is 0 Å². The van der Waals surface area contributed by atoms with Gasteiger partial charge in [0.25, 0.3) is 5.91 Å². The molecule has 0 atom stereocenters. The summed E-state index contributed by atoms with van der Waals surface area (Å²) < 4.78 is 15.4. The highest BCUT2D eigenvalue weighted by Gasteiger charge is 2.12. The molecule has 1 amide bonds. The van der Waals surface area contributed by atoms with E-state index in [1.54, 1.807) is 12.1 Å². The lowest BCUT2D eigenvalue weighted by Crippen LogP contribution is -2.30. The second-order valence-electron chi connectivity index (χ2n) is 6.31. The summed E-state index contributed by atoms with van der Waals surface area (Å²) >= 11 is 0. The van der Waals surface area contributed by atoms with Crippen LogP contribution in [0.4, 0.5) is 0 Å². The average molecular weight is 399 g/mol. The summed E-state index contributed by atoms with van der Waals surface area (Å²) in [7, 11) is 1.44. The molecule has 2 rings (SSSR count). The molecule has 2 aromatic carbocycles. The second-order valence-corrected chi connectivity index (χ2v) is 6.31. The molecule has 2 aromatic rings. The molecule has 154 valence electrons. The Morgan fingerprint density at radius 1 is 0.966 bits per heavy atom. The molecule has 7 nitrogen and oxygen atoms in total. The van der Waals surface area contributed by atoms with Crippen molar-refractivity contribution in [1.29, 1.82) is 0 Å². The number of Topliss-reactive ketones (excluding diaryl/α,β-unsaturated/α-hetero) is 1. The van der Waals surface area contributed by atoms with Crippen molar-refractivity contribution in [2.24, 2.45) is 0 Å². The minimum Gasteiger partial charge on any atom is -0.493 e. The van der Waals surface area contributed by atoms with Gasteiger partial charge in [-0.15, -0.1) is 0 Å². The average Bonchev–Trinajstić information content (AvgIpc) is 2.74. The maximum Gasteiger partial charge on any atom is 0.344 e. The van der Waals surface area contributed by atoms with Gasteiger partial charge in [-0.05, 0) is 43.5 Å². The third kappa shape index (κ3) is 7.65. The zero-order valence-electron chi connectivity index (χ0n) is 16.6. The topological polar surface area (TPSA) is 90.9 Å². The molecule has 0 bridgehead atoms. The van der Waals surface area contributed by atoms with Crippen LogP contribution in [0.15, 0.2) is 48.5 Å². The molecule has 0 radical (unpaired) electrons. The van der Waals surface area contributed by atoms with Crippen molar-refractivity contribution in [3.8, 4) is 11.5 Å². The lowest BCUT2D eigenvalue weighted by atomic mass is 10.1. The first-order valence-electron chi connectivity index (χ1n) is 9.27. The summed E-state index contributed by atoms with van der Waals surface area (Å²) in [5.41, 5.74) is 1.68. The highest BCUT2D eigenvalue weighted by Crippen LogP contribution is 2.28. The molecule has 0 saturated carbocycles. The molecular weight excluding hydrogens is 374 g/mol. The standard InChI is InChI=1S/C22H25NO6/c1-16(24)18-10-11-19(20(13-18)27-2)28-15-22(26)29-14-21(25)23-12-6-9-17-7-4-3-5-8-17/h3-5,7-8,10-11,13H,6,9,12,14-15H2,1-2H3,(H,23,25). The van der Waals surface area contributed by atoms with Gasteiger partial charge >= 0.3 is 5.97 Å². The zero-order valence-corrected chi connectivity index (χ0v) is 16.6. The number of methoxy groups -OCH3 is 1. The van der Waals surface area contributed by atoms with Gasteiger partial charge in [0.15, 0.2) is 30.5 Å². The highest BCUT2D eigenvalue weighted by molar-refractivity contribution is 5.94. The van der Waals surface area contributed by atoms with E-state index in [0.717, 1.165) is 12.8 Å². The van der Waals surface area contributed by atoms with E-state index < -0.39 is 5.97 Å². The van der Waals surface area contributed by atoms with Crippen LogP contribution in [0.5, 0.6) is 11.5 Å². The lowest BCUT2D eigenvalue weighted by molar-refractivity contribution is -0.150. The van der Waals surface area contributed by atoms with Gasteiger partial charge in [-0.1, -0.05) is 30.3 Å². The van der Waals surface area contributed by atoms with Crippen molar-refractivity contribution in [3.63, 3.8) is 0 Å². The summed E-state index contributed by atoms with van der Waals surface area (Å²) in [6.07, 6.45) is 1.65. The molecule has 7 heteroatoms. The second kappa shape index (κ2) is 11.5. The molecule has 0 aliphatic rings. The number of ketones is 1. The number of rotatable bonds is 11. The van der Waals surface area contributed by atoms with Gasteiger partial charge in [0, 0.05) is 12.1 Å². The quantitative estimate of drug-likeness (QED) is 0.355. The SMILES string of the molecule is COc1cc(C(C)=O)ccc1OCC(=O)OCC(=O)NCCCc1ccccc1. The fraction of sp³-hybridized carbons (Fsp3) is 0.318. The van der Waals surface area contributed by atoms with Crippen LogP contribution < -0.4 is 14.8 Å². The number of hydrogen-bond acceptors (Lipinski definition) is 6. The van der Waals surface area contributed by atoms with E-state index in [0.29, 0.717) is 23.6 Å². The molecule has 29 heavy (non-hydrogen) atoms. The van der Waals surface area contributed by atoms with E-state index in [1.165, 1.54) is 25.7 Å². The predicted octanol–water partition coefficient (Wildman–Crippen LogP) is 2.57. The number of carbonyl (C=O) groups excluding carboxylic acids is 3. The summed E-state index contributed by atoms with van der Waals surface area (Å²) in [5.74, 6) is -0.512. The van der Waals surface area contributed by atoms with Crippen molar-refractivity contribution in [2.75, 3.05) is 26.9 Å². The van der Waals surface area contributed by atoms with Crippen LogP contribution in [0.2, 0.25) is 0 Å². The van der Waals surface area contributed by atoms with Gasteiger partial charge in [-0.25, -0.2) is 4.79 Å². The number of carbonyl (C=O) groups is 3. The maximum atomic E-state index is 11.8. The molecule has 0 fully saturated rings. The van der Waals surface area contributed by atoms with Gasteiger partial charge in [0.1, 0.15) is 0 Å². The van der Waals surface area contributed by atoms with Crippen molar-refractivity contribution in [2.45, 2.75) is 19.8 Å². The Morgan fingerprint density at radius 2 is 1.72 bits per heavy atom. The molecular formula is C22H25NO6. The van der Waals surface area contributed by atoms with E-state index in [4.69, 9.17) is 14.2 Å². The Hall–Kier alpha value is -3.35. The van der Waals surface area contributed by atoms with Crippen LogP contribution in [-0.2, 0) is 20.7 Å². The summed E-state index contributed by atoms with van der Waals surface area (Å²) in [5, 5.41) is 2.71. The lowest BCUT2D eigenvalue weighted by Gasteiger charge is -2.11. The first-order valence-corrected chi connectivity index (χ1v) is 9.27. The van der Waals surface area contributed by atoms with E-state index in [-0.39, 0.29) is 24.9 Å². The third-order valence-electron chi connectivity index (χ3n) is 4.09. The monoisotopic (exact) mass is 399 g/mol. The molecule has 1 N–H and O–H groups in total. The van der Waals surface area contributed by atoms with Gasteiger partial charge < -0.3 is 19.5 Å². The van der Waals surface area contributed by atoms with Gasteiger partial charge in [0.05, 0.1) is 7.11 Å². The van der Waals surface area contributed by atoms with Crippen LogP contribution >= 0.6 is 0 Å². The molecule has 0 heterocycles. The Kier molecular flexibility index (Phi) is 8.69. The Bertz CT molecular complexity index is 834. The van der Waals surface area contributed by atoms with Crippen LogP contribution in [0, 0.1) is 0 Å². The molecule has 0 unspecified atom stereocenters. The van der Waals surface area contributed by atoms with Gasteiger partial charge in [-0.3, -0.25) is 9.59 Å². The minimum absolute atomic E-state index is 0.107. The molecule has 0 spiro atoms. The van der Waals surface area contributed by atoms with E-state index in [9.17, 15) is 14.4 Å². The van der Waals surface area contributed by atoms with Crippen LogP contribution in [-0.4, -0.2) is 44.5 Å². The molecule has 0 aliphatic carbocycles. The van der Waals surface area contributed by atoms with Crippen molar-refractivity contribution >= 4 is 17.7 Å².